The first-order valence-electron chi connectivity index (χ1n) is 8.73. The minimum Gasteiger partial charge on any atom is -0.378 e. The summed E-state index contributed by atoms with van der Waals surface area (Å²) in [6.45, 7) is 9.42. The Bertz CT molecular complexity index is 636. The Kier molecular flexibility index (Phi) is 5.48. The van der Waals surface area contributed by atoms with E-state index in [1.165, 1.54) is 11.1 Å². The number of hydrogen-bond acceptors (Lipinski definition) is 4. The predicted octanol–water partition coefficient (Wildman–Crippen LogP) is 3.86. The summed E-state index contributed by atoms with van der Waals surface area (Å²) in [6, 6.07) is 13.0. The van der Waals surface area contributed by atoms with Gasteiger partial charge in [-0.2, -0.15) is 0 Å². The SMILES string of the molecule is C[C@@H]1CN(Cc2cccc(N[C@@H](C)c3cccnc3)c2)C[C@H](C)O1. The average molecular weight is 325 g/mol. The first-order chi connectivity index (χ1) is 11.6. The highest BCUT2D eigenvalue weighted by Crippen LogP contribution is 2.21. The standard InChI is InChI=1S/C20H27N3O/c1-15-12-23(13-16(2)24-15)14-18-6-4-8-20(10-18)22-17(3)19-7-5-9-21-11-19/h4-11,15-17,22H,12-14H2,1-3H3/t15-,16+,17-/m0/s1. The molecule has 128 valence electrons. The number of nitrogens with zero attached hydrogens (tertiary/aromatic N) is 2. The first-order valence-corrected chi connectivity index (χ1v) is 8.73. The molecule has 3 atom stereocenters. The molecule has 24 heavy (non-hydrogen) atoms. The van der Waals surface area contributed by atoms with Gasteiger partial charge in [0.15, 0.2) is 0 Å². The molecule has 1 fully saturated rings. The van der Waals surface area contributed by atoms with E-state index in [1.54, 1.807) is 6.20 Å². The van der Waals surface area contributed by atoms with Crippen molar-refractivity contribution in [1.82, 2.24) is 9.88 Å². The second-order valence-electron chi connectivity index (χ2n) is 6.80. The van der Waals surface area contributed by atoms with Crippen molar-refractivity contribution in [3.8, 4) is 0 Å². The second kappa shape index (κ2) is 7.77. The van der Waals surface area contributed by atoms with Crippen LogP contribution in [0.4, 0.5) is 5.69 Å². The zero-order valence-corrected chi connectivity index (χ0v) is 14.8. The van der Waals surface area contributed by atoms with E-state index in [-0.39, 0.29) is 6.04 Å². The minimum absolute atomic E-state index is 0.234. The summed E-state index contributed by atoms with van der Waals surface area (Å²) in [5, 5.41) is 3.57. The average Bonchev–Trinajstić information content (AvgIpc) is 2.55. The molecule has 3 rings (SSSR count). The van der Waals surface area contributed by atoms with Crippen molar-refractivity contribution >= 4 is 5.69 Å². The van der Waals surface area contributed by atoms with Gasteiger partial charge in [-0.15, -0.1) is 0 Å². The summed E-state index contributed by atoms with van der Waals surface area (Å²) in [6.07, 6.45) is 4.33. The van der Waals surface area contributed by atoms with Gasteiger partial charge >= 0.3 is 0 Å². The molecule has 1 aromatic carbocycles. The van der Waals surface area contributed by atoms with Gasteiger partial charge in [0, 0.05) is 37.7 Å². The molecular weight excluding hydrogens is 298 g/mol. The third kappa shape index (κ3) is 4.56. The van der Waals surface area contributed by atoms with E-state index < -0.39 is 0 Å². The lowest BCUT2D eigenvalue weighted by Crippen LogP contribution is -2.44. The fraction of sp³-hybridized carbons (Fsp3) is 0.450. The maximum absolute atomic E-state index is 5.82. The van der Waals surface area contributed by atoms with Crippen molar-refractivity contribution < 1.29 is 4.74 Å². The number of nitrogens with one attached hydrogen (secondary N) is 1. The monoisotopic (exact) mass is 325 g/mol. The summed E-state index contributed by atoms with van der Waals surface area (Å²) in [7, 11) is 0. The maximum Gasteiger partial charge on any atom is 0.0678 e. The van der Waals surface area contributed by atoms with Gasteiger partial charge in [0.05, 0.1) is 18.2 Å². The molecule has 0 spiro atoms. The zero-order valence-electron chi connectivity index (χ0n) is 14.8. The molecule has 0 radical (unpaired) electrons. The molecule has 4 heteroatoms. The highest BCUT2D eigenvalue weighted by atomic mass is 16.5. The summed E-state index contributed by atoms with van der Waals surface area (Å²) < 4.78 is 5.82. The van der Waals surface area contributed by atoms with E-state index in [1.807, 2.05) is 12.3 Å². The number of anilines is 1. The fourth-order valence-electron chi connectivity index (χ4n) is 3.40. The Morgan fingerprint density at radius 3 is 2.71 bits per heavy atom. The van der Waals surface area contributed by atoms with Gasteiger partial charge in [-0.25, -0.2) is 0 Å². The van der Waals surface area contributed by atoms with Crippen molar-refractivity contribution in [2.24, 2.45) is 0 Å². The summed E-state index contributed by atoms with van der Waals surface area (Å²) in [5.74, 6) is 0. The van der Waals surface area contributed by atoms with E-state index in [0.29, 0.717) is 12.2 Å². The van der Waals surface area contributed by atoms with E-state index >= 15 is 0 Å². The van der Waals surface area contributed by atoms with Crippen molar-refractivity contribution in [1.29, 1.82) is 0 Å². The van der Waals surface area contributed by atoms with E-state index in [2.05, 4.69) is 66.3 Å². The molecule has 0 bridgehead atoms. The van der Waals surface area contributed by atoms with Crippen LogP contribution >= 0.6 is 0 Å². The van der Waals surface area contributed by atoms with E-state index in [0.717, 1.165) is 25.3 Å². The van der Waals surface area contributed by atoms with Gasteiger partial charge in [-0.1, -0.05) is 18.2 Å². The van der Waals surface area contributed by atoms with Crippen molar-refractivity contribution in [3.63, 3.8) is 0 Å². The third-order valence-electron chi connectivity index (χ3n) is 4.40. The molecule has 0 saturated carbocycles. The van der Waals surface area contributed by atoms with Gasteiger partial charge in [0.1, 0.15) is 0 Å². The van der Waals surface area contributed by atoms with Crippen LogP contribution in [0, 0.1) is 0 Å². The van der Waals surface area contributed by atoms with Crippen LogP contribution < -0.4 is 5.32 Å². The second-order valence-corrected chi connectivity index (χ2v) is 6.80. The lowest BCUT2D eigenvalue weighted by Gasteiger charge is -2.35. The van der Waals surface area contributed by atoms with Crippen molar-refractivity contribution in [2.75, 3.05) is 18.4 Å². The van der Waals surface area contributed by atoms with Gasteiger partial charge < -0.3 is 10.1 Å². The van der Waals surface area contributed by atoms with E-state index in [9.17, 15) is 0 Å². The molecule has 0 unspecified atom stereocenters. The summed E-state index contributed by atoms with van der Waals surface area (Å²) >= 11 is 0. The number of benzene rings is 1. The lowest BCUT2D eigenvalue weighted by molar-refractivity contribution is -0.0704. The molecule has 1 aliphatic rings. The summed E-state index contributed by atoms with van der Waals surface area (Å²) in [4.78, 5) is 6.67. The highest BCUT2D eigenvalue weighted by molar-refractivity contribution is 5.47. The Morgan fingerprint density at radius 2 is 2.00 bits per heavy atom. The first kappa shape index (κ1) is 16.9. The lowest BCUT2D eigenvalue weighted by atomic mass is 10.1. The number of pyridine rings is 1. The normalized spacial score (nSPS) is 23.0. The molecule has 2 heterocycles. The number of ether oxygens (including phenoxy) is 1. The molecule has 2 aromatic rings. The minimum atomic E-state index is 0.234. The molecule has 0 amide bonds. The van der Waals surface area contributed by atoms with Crippen molar-refractivity contribution in [3.05, 3.63) is 59.9 Å². The Morgan fingerprint density at radius 1 is 1.21 bits per heavy atom. The largest absolute Gasteiger partial charge is 0.378 e. The topological polar surface area (TPSA) is 37.4 Å². The molecule has 1 aliphatic heterocycles. The quantitative estimate of drug-likeness (QED) is 0.906. The van der Waals surface area contributed by atoms with Crippen LogP contribution in [0.5, 0.6) is 0 Å². The molecule has 1 saturated heterocycles. The fourth-order valence-corrected chi connectivity index (χ4v) is 3.40. The smallest absolute Gasteiger partial charge is 0.0678 e. The predicted molar refractivity (Wildman–Crippen MR) is 98.0 cm³/mol. The van der Waals surface area contributed by atoms with E-state index in [4.69, 9.17) is 4.74 Å². The molecular formula is C20H27N3O. The van der Waals surface area contributed by atoms with Crippen LogP contribution in [0.2, 0.25) is 0 Å². The Hall–Kier alpha value is -1.91. The van der Waals surface area contributed by atoms with Crippen LogP contribution in [0.1, 0.15) is 37.9 Å². The van der Waals surface area contributed by atoms with Gasteiger partial charge in [-0.3, -0.25) is 9.88 Å². The Balaban J connectivity index is 1.64. The van der Waals surface area contributed by atoms with Crippen LogP contribution in [-0.4, -0.2) is 35.2 Å². The molecule has 0 aliphatic carbocycles. The summed E-state index contributed by atoms with van der Waals surface area (Å²) in [5.41, 5.74) is 3.68. The van der Waals surface area contributed by atoms with Crippen LogP contribution in [-0.2, 0) is 11.3 Å². The maximum atomic E-state index is 5.82. The third-order valence-corrected chi connectivity index (χ3v) is 4.40. The van der Waals surface area contributed by atoms with Gasteiger partial charge in [-0.05, 0) is 50.1 Å². The number of morpholine rings is 1. The van der Waals surface area contributed by atoms with Crippen LogP contribution in [0.15, 0.2) is 48.8 Å². The highest BCUT2D eigenvalue weighted by Gasteiger charge is 2.22. The van der Waals surface area contributed by atoms with Gasteiger partial charge in [0.2, 0.25) is 0 Å². The molecule has 1 N–H and O–H groups in total. The number of hydrogen-bond donors (Lipinski definition) is 1. The van der Waals surface area contributed by atoms with Gasteiger partial charge in [0.25, 0.3) is 0 Å². The number of rotatable bonds is 5. The Labute approximate surface area is 144 Å². The molecule has 1 aromatic heterocycles. The zero-order chi connectivity index (χ0) is 16.9. The number of aromatic nitrogens is 1. The molecule has 4 nitrogen and oxygen atoms in total. The van der Waals surface area contributed by atoms with Crippen LogP contribution in [0.25, 0.3) is 0 Å². The van der Waals surface area contributed by atoms with Crippen molar-refractivity contribution in [2.45, 2.75) is 45.6 Å². The van der Waals surface area contributed by atoms with Crippen LogP contribution in [0.3, 0.4) is 0 Å².